The molecule has 7 heteroatoms. The maximum absolute atomic E-state index is 12.4. The Kier molecular flexibility index (Phi) is 3.97. The number of nitrogens with two attached hydrogens (primary N) is 1. The van der Waals surface area contributed by atoms with Gasteiger partial charge in [-0.3, -0.25) is 4.79 Å². The predicted octanol–water partition coefficient (Wildman–Crippen LogP) is 1.09. The Labute approximate surface area is 125 Å². The van der Waals surface area contributed by atoms with Crippen LogP contribution in [0.25, 0.3) is 0 Å². The van der Waals surface area contributed by atoms with Gasteiger partial charge < -0.3 is 11.1 Å². The fourth-order valence-corrected chi connectivity index (χ4v) is 4.55. The van der Waals surface area contributed by atoms with Gasteiger partial charge in [-0.1, -0.05) is 13.8 Å². The monoisotopic (exact) mass is 311 g/mol. The molecule has 1 saturated heterocycles. The number of carbonyl (C=O) groups excluding carboxylic acids is 1. The Morgan fingerprint density at radius 1 is 1.43 bits per heavy atom. The lowest BCUT2D eigenvalue weighted by atomic mass is 10.0. The van der Waals surface area contributed by atoms with Gasteiger partial charge in [-0.05, 0) is 31.4 Å². The molecule has 0 saturated carbocycles. The van der Waals surface area contributed by atoms with Gasteiger partial charge in [0.15, 0.2) is 9.84 Å². The maximum atomic E-state index is 12.4. The smallest absolute Gasteiger partial charge is 0.251 e. The van der Waals surface area contributed by atoms with Crippen molar-refractivity contribution in [3.8, 4) is 0 Å². The summed E-state index contributed by atoms with van der Waals surface area (Å²) < 4.78 is 23.2. The van der Waals surface area contributed by atoms with Crippen molar-refractivity contribution in [1.82, 2.24) is 10.3 Å². The van der Waals surface area contributed by atoms with Crippen LogP contribution in [-0.2, 0) is 9.84 Å². The first-order valence-corrected chi connectivity index (χ1v) is 8.73. The Bertz CT molecular complexity index is 670. The second-order valence-electron chi connectivity index (χ2n) is 6.22. The number of hydrogen-bond acceptors (Lipinski definition) is 5. The number of nitrogen functional groups attached to an aromatic ring is 1. The number of nitrogens with one attached hydrogen (secondary N) is 1. The van der Waals surface area contributed by atoms with Crippen LogP contribution >= 0.6 is 0 Å². The van der Waals surface area contributed by atoms with Crippen LogP contribution in [0.3, 0.4) is 0 Å². The van der Waals surface area contributed by atoms with Crippen molar-refractivity contribution < 1.29 is 13.2 Å². The molecule has 21 heavy (non-hydrogen) atoms. The normalized spacial score (nSPS) is 24.2. The van der Waals surface area contributed by atoms with E-state index in [1.165, 1.54) is 6.07 Å². The zero-order valence-electron chi connectivity index (χ0n) is 12.5. The van der Waals surface area contributed by atoms with Crippen LogP contribution in [-0.4, -0.2) is 36.4 Å². The summed E-state index contributed by atoms with van der Waals surface area (Å²) in [6.45, 7) is 5.69. The number of amides is 1. The van der Waals surface area contributed by atoms with E-state index in [1.807, 2.05) is 13.8 Å². The summed E-state index contributed by atoms with van der Waals surface area (Å²) in [5.74, 6) is 0.215. The molecule has 1 aliphatic rings. The molecule has 1 unspecified atom stereocenters. The molecule has 2 heterocycles. The summed E-state index contributed by atoms with van der Waals surface area (Å²) in [4.78, 5) is 16.5. The maximum Gasteiger partial charge on any atom is 0.251 e. The van der Waals surface area contributed by atoms with Gasteiger partial charge in [0.1, 0.15) is 5.82 Å². The highest BCUT2D eigenvalue weighted by atomic mass is 32.2. The van der Waals surface area contributed by atoms with E-state index < -0.39 is 15.4 Å². The van der Waals surface area contributed by atoms with Crippen LogP contribution in [0.5, 0.6) is 0 Å². The van der Waals surface area contributed by atoms with Crippen molar-refractivity contribution in [2.24, 2.45) is 0 Å². The highest BCUT2D eigenvalue weighted by Crippen LogP contribution is 2.24. The van der Waals surface area contributed by atoms with E-state index in [4.69, 9.17) is 5.73 Å². The Morgan fingerprint density at radius 3 is 2.62 bits per heavy atom. The number of aromatic nitrogens is 1. The zero-order valence-corrected chi connectivity index (χ0v) is 13.3. The predicted molar refractivity (Wildman–Crippen MR) is 81.9 cm³/mol. The number of carbonyl (C=O) groups is 1. The molecule has 0 spiro atoms. The molecule has 0 radical (unpaired) electrons. The molecule has 2 rings (SSSR count). The van der Waals surface area contributed by atoms with Crippen LogP contribution in [0.4, 0.5) is 5.82 Å². The third-order valence-corrected chi connectivity index (χ3v) is 5.54. The minimum Gasteiger partial charge on any atom is -0.384 e. The first-order valence-electron chi connectivity index (χ1n) is 6.91. The number of rotatable bonds is 3. The van der Waals surface area contributed by atoms with Gasteiger partial charge >= 0.3 is 0 Å². The number of anilines is 1. The summed E-state index contributed by atoms with van der Waals surface area (Å²) in [7, 11) is -3.06. The first-order chi connectivity index (χ1) is 9.60. The average Bonchev–Trinajstić information content (AvgIpc) is 2.62. The average molecular weight is 311 g/mol. The van der Waals surface area contributed by atoms with Crippen LogP contribution < -0.4 is 11.1 Å². The fourth-order valence-electron chi connectivity index (χ4n) is 2.46. The van der Waals surface area contributed by atoms with Gasteiger partial charge in [0, 0.05) is 11.3 Å². The molecule has 3 N–H and O–H groups in total. The molecular formula is C14H21N3O3S. The van der Waals surface area contributed by atoms with Gasteiger partial charge in [-0.25, -0.2) is 13.4 Å². The second-order valence-corrected chi connectivity index (χ2v) is 8.40. The molecule has 0 aliphatic carbocycles. The summed E-state index contributed by atoms with van der Waals surface area (Å²) in [6.07, 6.45) is 0.429. The number of hydrogen-bond donors (Lipinski definition) is 2. The Hall–Kier alpha value is -1.63. The van der Waals surface area contributed by atoms with Crippen LogP contribution in [0.1, 0.15) is 49.2 Å². The topological polar surface area (TPSA) is 102 Å². The lowest BCUT2D eigenvalue weighted by Crippen LogP contribution is -2.47. The second kappa shape index (κ2) is 5.29. The van der Waals surface area contributed by atoms with Gasteiger partial charge in [-0.2, -0.15) is 0 Å². The summed E-state index contributed by atoms with van der Waals surface area (Å²) >= 11 is 0. The van der Waals surface area contributed by atoms with Gasteiger partial charge in [0.05, 0.1) is 17.0 Å². The Balaban J connectivity index is 2.21. The lowest BCUT2D eigenvalue weighted by Gasteiger charge is -2.24. The minimum atomic E-state index is -3.06. The van der Waals surface area contributed by atoms with Crippen molar-refractivity contribution in [3.05, 3.63) is 23.4 Å². The van der Waals surface area contributed by atoms with E-state index >= 15 is 0 Å². The molecule has 116 valence electrons. The van der Waals surface area contributed by atoms with Crippen molar-refractivity contribution in [1.29, 1.82) is 0 Å². The molecule has 1 aliphatic heterocycles. The number of nitrogens with zero attached hydrogens (tertiary/aromatic N) is 1. The largest absolute Gasteiger partial charge is 0.384 e. The van der Waals surface area contributed by atoms with E-state index in [1.54, 1.807) is 13.0 Å². The van der Waals surface area contributed by atoms with Crippen molar-refractivity contribution in [3.63, 3.8) is 0 Å². The SMILES string of the molecule is CC(C)c1cc(C(=O)NC2(C)CCS(=O)(=O)C2)cc(N)n1. The molecule has 6 nitrogen and oxygen atoms in total. The van der Waals surface area contributed by atoms with E-state index in [0.29, 0.717) is 12.0 Å². The lowest BCUT2D eigenvalue weighted by molar-refractivity contribution is 0.0915. The van der Waals surface area contributed by atoms with Crippen LogP contribution in [0.15, 0.2) is 12.1 Å². The third kappa shape index (κ3) is 3.72. The standard InChI is InChI=1S/C14H21N3O3S/c1-9(2)11-6-10(7-12(15)16-11)13(18)17-14(3)4-5-21(19,20)8-14/h6-7,9H,4-5,8H2,1-3H3,(H2,15,16)(H,17,18). The quantitative estimate of drug-likeness (QED) is 0.870. The van der Waals surface area contributed by atoms with E-state index in [2.05, 4.69) is 10.3 Å². The van der Waals surface area contributed by atoms with Crippen LogP contribution in [0, 0.1) is 0 Å². The fraction of sp³-hybridized carbons (Fsp3) is 0.571. The van der Waals surface area contributed by atoms with Crippen molar-refractivity contribution >= 4 is 21.6 Å². The van der Waals surface area contributed by atoms with Gasteiger partial charge in [0.2, 0.25) is 0 Å². The van der Waals surface area contributed by atoms with Crippen molar-refractivity contribution in [2.45, 2.75) is 38.6 Å². The number of pyridine rings is 1. The first kappa shape index (κ1) is 15.8. The van der Waals surface area contributed by atoms with E-state index in [0.717, 1.165) is 5.69 Å². The van der Waals surface area contributed by atoms with Gasteiger partial charge in [0.25, 0.3) is 5.91 Å². The molecule has 0 bridgehead atoms. The highest BCUT2D eigenvalue weighted by Gasteiger charge is 2.39. The molecule has 1 aromatic heterocycles. The molecular weight excluding hydrogens is 290 g/mol. The molecule has 1 aromatic rings. The summed E-state index contributed by atoms with van der Waals surface area (Å²) in [5, 5.41) is 2.82. The molecule has 1 atom stereocenters. The highest BCUT2D eigenvalue weighted by molar-refractivity contribution is 7.91. The molecule has 0 aromatic carbocycles. The van der Waals surface area contributed by atoms with Crippen molar-refractivity contribution in [2.75, 3.05) is 17.2 Å². The minimum absolute atomic E-state index is 0.0245. The van der Waals surface area contributed by atoms with Crippen LogP contribution in [0.2, 0.25) is 0 Å². The Morgan fingerprint density at radius 2 is 2.10 bits per heavy atom. The summed E-state index contributed by atoms with van der Waals surface area (Å²) in [6, 6.07) is 3.21. The zero-order chi connectivity index (χ0) is 15.8. The third-order valence-electron chi connectivity index (χ3n) is 3.64. The number of sulfone groups is 1. The van der Waals surface area contributed by atoms with E-state index in [9.17, 15) is 13.2 Å². The van der Waals surface area contributed by atoms with Gasteiger partial charge in [-0.15, -0.1) is 0 Å². The molecule has 1 fully saturated rings. The summed E-state index contributed by atoms with van der Waals surface area (Å²) in [5.41, 5.74) is 6.17. The van der Waals surface area contributed by atoms with E-state index in [-0.39, 0.29) is 29.1 Å². The molecule has 1 amide bonds.